The number of hydrogen-bond donors (Lipinski definition) is 3. The van der Waals surface area contributed by atoms with Crippen LogP contribution in [0.15, 0.2) is 48.8 Å². The molecule has 1 fully saturated rings. The highest BCUT2D eigenvalue weighted by atomic mass is 16.1. The molecule has 2 heterocycles. The molecule has 0 aliphatic heterocycles. The van der Waals surface area contributed by atoms with Crippen LogP contribution in [0.25, 0.3) is 11.0 Å². The van der Waals surface area contributed by atoms with Crippen LogP contribution in [0.2, 0.25) is 0 Å². The zero-order valence-corrected chi connectivity index (χ0v) is 16.4. The van der Waals surface area contributed by atoms with Crippen LogP contribution in [0.1, 0.15) is 48.0 Å². The van der Waals surface area contributed by atoms with Crippen molar-refractivity contribution in [3.05, 3.63) is 59.9 Å². The molecule has 5 heteroatoms. The zero-order chi connectivity index (χ0) is 19.3. The van der Waals surface area contributed by atoms with Crippen LogP contribution in [-0.2, 0) is 6.42 Å². The van der Waals surface area contributed by atoms with Crippen molar-refractivity contribution in [3.63, 3.8) is 0 Å². The number of nitrogens with one attached hydrogen (secondary N) is 3. The molecule has 2 aromatic heterocycles. The number of amides is 1. The molecular formula is C23H28N4O. The van der Waals surface area contributed by atoms with Gasteiger partial charge in [0.05, 0.1) is 11.3 Å². The molecule has 1 saturated carbocycles. The second-order valence-electron chi connectivity index (χ2n) is 7.77. The van der Waals surface area contributed by atoms with Gasteiger partial charge in [0.1, 0.15) is 5.65 Å². The number of pyridine rings is 1. The summed E-state index contributed by atoms with van der Waals surface area (Å²) in [6.07, 6.45) is 10.6. The number of rotatable bonds is 5. The van der Waals surface area contributed by atoms with Crippen molar-refractivity contribution in [3.8, 4) is 0 Å². The number of hydrogen-bond acceptors (Lipinski definition) is 3. The number of fused-ring (bicyclic) bond motifs is 1. The Morgan fingerprint density at radius 2 is 2.00 bits per heavy atom. The minimum Gasteiger partial charge on any atom is -0.381 e. The number of aromatic nitrogens is 2. The van der Waals surface area contributed by atoms with Crippen molar-refractivity contribution in [2.24, 2.45) is 5.92 Å². The van der Waals surface area contributed by atoms with E-state index in [1.807, 2.05) is 12.3 Å². The molecule has 4 rings (SSSR count). The second kappa shape index (κ2) is 8.46. The minimum absolute atomic E-state index is 0.103. The summed E-state index contributed by atoms with van der Waals surface area (Å²) in [7, 11) is 1.66. The van der Waals surface area contributed by atoms with Crippen molar-refractivity contribution in [2.45, 2.75) is 44.6 Å². The molecule has 146 valence electrons. The van der Waals surface area contributed by atoms with Crippen molar-refractivity contribution in [1.29, 1.82) is 0 Å². The van der Waals surface area contributed by atoms with E-state index >= 15 is 0 Å². The van der Waals surface area contributed by atoms with Crippen LogP contribution in [0.5, 0.6) is 0 Å². The van der Waals surface area contributed by atoms with E-state index in [0.29, 0.717) is 11.6 Å². The van der Waals surface area contributed by atoms with Gasteiger partial charge in [-0.3, -0.25) is 4.79 Å². The lowest BCUT2D eigenvalue weighted by Gasteiger charge is -2.21. The normalized spacial score (nSPS) is 19.9. The number of aromatic amines is 1. The molecule has 0 spiro atoms. The first-order valence-corrected chi connectivity index (χ1v) is 10.2. The molecule has 1 aliphatic rings. The summed E-state index contributed by atoms with van der Waals surface area (Å²) in [4.78, 5) is 19.9. The fraction of sp³-hybridized carbons (Fsp3) is 0.391. The van der Waals surface area contributed by atoms with Gasteiger partial charge in [-0.2, -0.15) is 0 Å². The van der Waals surface area contributed by atoms with Gasteiger partial charge in [0.2, 0.25) is 0 Å². The van der Waals surface area contributed by atoms with E-state index < -0.39 is 0 Å². The maximum Gasteiger partial charge on any atom is 0.254 e. The first kappa shape index (κ1) is 18.5. The Morgan fingerprint density at radius 3 is 2.82 bits per heavy atom. The second-order valence-corrected chi connectivity index (χ2v) is 7.77. The van der Waals surface area contributed by atoms with Crippen molar-refractivity contribution < 1.29 is 4.79 Å². The summed E-state index contributed by atoms with van der Waals surface area (Å²) in [6.45, 7) is 0. The maximum atomic E-state index is 12.4. The van der Waals surface area contributed by atoms with Crippen molar-refractivity contribution in [2.75, 3.05) is 12.4 Å². The summed E-state index contributed by atoms with van der Waals surface area (Å²) < 4.78 is 0. The van der Waals surface area contributed by atoms with E-state index in [1.165, 1.54) is 24.8 Å². The number of anilines is 1. The molecule has 3 aromatic rings. The smallest absolute Gasteiger partial charge is 0.254 e. The van der Waals surface area contributed by atoms with Gasteiger partial charge in [0, 0.05) is 30.9 Å². The quantitative estimate of drug-likeness (QED) is 0.573. The van der Waals surface area contributed by atoms with Gasteiger partial charge in [0.25, 0.3) is 5.91 Å². The Bertz CT molecular complexity index is 934. The minimum atomic E-state index is -0.103. The summed E-state index contributed by atoms with van der Waals surface area (Å²) in [5, 5.41) is 7.41. The van der Waals surface area contributed by atoms with Crippen LogP contribution in [-0.4, -0.2) is 29.0 Å². The molecule has 28 heavy (non-hydrogen) atoms. The van der Waals surface area contributed by atoms with Gasteiger partial charge in [-0.1, -0.05) is 43.2 Å². The fourth-order valence-corrected chi connectivity index (χ4v) is 4.35. The molecular weight excluding hydrogens is 348 g/mol. The molecule has 3 N–H and O–H groups in total. The Morgan fingerprint density at radius 1 is 1.14 bits per heavy atom. The Hall–Kier alpha value is -2.82. The van der Waals surface area contributed by atoms with Crippen molar-refractivity contribution in [1.82, 2.24) is 15.3 Å². The third-order valence-corrected chi connectivity index (χ3v) is 5.86. The lowest BCUT2D eigenvalue weighted by Crippen LogP contribution is -2.24. The van der Waals surface area contributed by atoms with E-state index in [1.54, 1.807) is 13.2 Å². The molecule has 0 bridgehead atoms. The van der Waals surface area contributed by atoms with Gasteiger partial charge in [0.15, 0.2) is 0 Å². The predicted molar refractivity (Wildman–Crippen MR) is 114 cm³/mol. The highest BCUT2D eigenvalue weighted by Gasteiger charge is 2.22. The monoisotopic (exact) mass is 376 g/mol. The lowest BCUT2D eigenvalue weighted by molar-refractivity contribution is 0.0963. The van der Waals surface area contributed by atoms with E-state index in [4.69, 9.17) is 0 Å². The average Bonchev–Trinajstić information content (AvgIpc) is 3.11. The number of carbonyl (C=O) groups is 1. The molecule has 2 unspecified atom stereocenters. The third kappa shape index (κ3) is 4.03. The first-order chi connectivity index (χ1) is 13.7. The predicted octanol–water partition coefficient (Wildman–Crippen LogP) is 4.53. The zero-order valence-electron chi connectivity index (χ0n) is 16.4. The summed E-state index contributed by atoms with van der Waals surface area (Å²) >= 11 is 0. The number of H-pyrrole nitrogens is 1. The van der Waals surface area contributed by atoms with Crippen LogP contribution >= 0.6 is 0 Å². The molecule has 0 radical (unpaired) electrons. The molecule has 1 aliphatic carbocycles. The summed E-state index contributed by atoms with van der Waals surface area (Å²) in [6, 6.07) is 13.2. The van der Waals surface area contributed by atoms with Gasteiger partial charge >= 0.3 is 0 Å². The highest BCUT2D eigenvalue weighted by Crippen LogP contribution is 2.31. The lowest BCUT2D eigenvalue weighted by atomic mass is 9.92. The number of carbonyl (C=O) groups excluding carboxylic acids is 1. The topological polar surface area (TPSA) is 69.8 Å². The van der Waals surface area contributed by atoms with Gasteiger partial charge < -0.3 is 15.6 Å². The fourth-order valence-electron chi connectivity index (χ4n) is 4.35. The maximum absolute atomic E-state index is 12.4. The Kier molecular flexibility index (Phi) is 5.60. The van der Waals surface area contributed by atoms with Crippen molar-refractivity contribution >= 4 is 22.6 Å². The standard InChI is InChI=1S/C23H28N4O/c1-24-23(28)20-15-26-22-19(12-13-25-22)21(20)27-18-9-5-8-17(10-11-18)14-16-6-3-2-4-7-16/h2-4,6-7,12-13,15,17-18H,5,8-11,14H2,1H3,(H,24,28)(H2,25,26,27). The summed E-state index contributed by atoms with van der Waals surface area (Å²) in [5.41, 5.74) is 3.76. The number of benzene rings is 1. The van der Waals surface area contributed by atoms with E-state index in [2.05, 4.69) is 50.9 Å². The largest absolute Gasteiger partial charge is 0.381 e. The average molecular weight is 377 g/mol. The molecule has 2 atom stereocenters. The van der Waals surface area contributed by atoms with Crippen LogP contribution < -0.4 is 10.6 Å². The first-order valence-electron chi connectivity index (χ1n) is 10.2. The molecule has 1 amide bonds. The van der Waals surface area contributed by atoms with Gasteiger partial charge in [-0.05, 0) is 43.2 Å². The van der Waals surface area contributed by atoms with Gasteiger partial charge in [-0.15, -0.1) is 0 Å². The van der Waals surface area contributed by atoms with Crippen LogP contribution in [0.3, 0.4) is 0 Å². The van der Waals surface area contributed by atoms with E-state index in [9.17, 15) is 4.79 Å². The Labute approximate surface area is 166 Å². The SMILES string of the molecule is CNC(=O)c1cnc2[nH]ccc2c1NC1CCCC(Cc2ccccc2)CC1. The van der Waals surface area contributed by atoms with Crippen LogP contribution in [0, 0.1) is 5.92 Å². The van der Waals surface area contributed by atoms with Crippen LogP contribution in [0.4, 0.5) is 5.69 Å². The number of nitrogens with zero attached hydrogens (tertiary/aromatic N) is 1. The summed E-state index contributed by atoms with van der Waals surface area (Å²) in [5.74, 6) is 0.631. The third-order valence-electron chi connectivity index (χ3n) is 5.86. The van der Waals surface area contributed by atoms with Gasteiger partial charge in [-0.25, -0.2) is 4.98 Å². The van der Waals surface area contributed by atoms with E-state index in [0.717, 1.165) is 41.9 Å². The highest BCUT2D eigenvalue weighted by molar-refractivity contribution is 6.06. The van der Waals surface area contributed by atoms with E-state index in [-0.39, 0.29) is 5.91 Å². The Balaban J connectivity index is 1.49. The molecule has 5 nitrogen and oxygen atoms in total. The molecule has 0 saturated heterocycles. The molecule has 1 aromatic carbocycles.